The van der Waals surface area contributed by atoms with Crippen molar-refractivity contribution in [2.45, 2.75) is 50.7 Å². The van der Waals surface area contributed by atoms with Crippen molar-refractivity contribution in [1.29, 1.82) is 0 Å². The van der Waals surface area contributed by atoms with E-state index in [9.17, 15) is 9.59 Å². The number of methoxy groups -OCH3 is 1. The lowest BCUT2D eigenvalue weighted by atomic mass is 9.85. The monoisotopic (exact) mass is 451 g/mol. The van der Waals surface area contributed by atoms with Gasteiger partial charge in [-0.2, -0.15) is 5.10 Å². The molecule has 2 saturated heterocycles. The van der Waals surface area contributed by atoms with Crippen molar-refractivity contribution < 1.29 is 14.3 Å². The predicted octanol–water partition coefficient (Wildman–Crippen LogP) is 2.14. The summed E-state index contributed by atoms with van der Waals surface area (Å²) in [5, 5.41) is 4.35. The average Bonchev–Trinajstić information content (AvgIpc) is 3.43. The molecule has 0 atom stereocenters. The minimum Gasteiger partial charge on any atom is -0.383 e. The molecule has 2 fully saturated rings. The first-order valence-electron chi connectivity index (χ1n) is 11.9. The van der Waals surface area contributed by atoms with Gasteiger partial charge < -0.3 is 9.64 Å². The highest BCUT2D eigenvalue weighted by Gasteiger charge is 2.59. The van der Waals surface area contributed by atoms with Gasteiger partial charge in [0.15, 0.2) is 0 Å². The first-order chi connectivity index (χ1) is 15.9. The third-order valence-electron chi connectivity index (χ3n) is 7.90. The Morgan fingerprint density at radius 3 is 2.36 bits per heavy atom. The van der Waals surface area contributed by atoms with Crippen LogP contribution < -0.4 is 0 Å². The standard InChI is InChI=1S/C25H33N5O3/c1-18-21(16-26-27(18)2)17-28-10-8-25(9-11-28)23(31)30(24(32)29(25)12-13-33-3)22-14-19-6-4-5-7-20(19)15-22/h4-7,16,22H,8-15,17H2,1-3H3. The summed E-state index contributed by atoms with van der Waals surface area (Å²) in [4.78, 5) is 33.3. The first-order valence-corrected chi connectivity index (χ1v) is 11.9. The van der Waals surface area contributed by atoms with Crippen LogP contribution in [0.25, 0.3) is 0 Å². The molecule has 3 aliphatic rings. The fourth-order valence-corrected chi connectivity index (χ4v) is 5.78. The molecule has 0 unspecified atom stereocenters. The zero-order chi connectivity index (χ0) is 23.2. The molecule has 33 heavy (non-hydrogen) atoms. The fourth-order valence-electron chi connectivity index (χ4n) is 5.78. The molecule has 0 bridgehead atoms. The Morgan fingerprint density at radius 2 is 1.79 bits per heavy atom. The maximum Gasteiger partial charge on any atom is 0.328 e. The van der Waals surface area contributed by atoms with Gasteiger partial charge in [-0.25, -0.2) is 4.79 Å². The van der Waals surface area contributed by atoms with Gasteiger partial charge in [0.05, 0.1) is 12.8 Å². The molecule has 3 amide bonds. The summed E-state index contributed by atoms with van der Waals surface area (Å²) >= 11 is 0. The van der Waals surface area contributed by atoms with Gasteiger partial charge in [0.1, 0.15) is 5.54 Å². The van der Waals surface area contributed by atoms with Crippen molar-refractivity contribution in [2.24, 2.45) is 7.05 Å². The quantitative estimate of drug-likeness (QED) is 0.630. The Bertz CT molecular complexity index is 1030. The van der Waals surface area contributed by atoms with Crippen LogP contribution in [0.15, 0.2) is 30.5 Å². The maximum atomic E-state index is 13.9. The van der Waals surface area contributed by atoms with E-state index < -0.39 is 5.54 Å². The number of hydrogen-bond acceptors (Lipinski definition) is 5. The molecule has 2 aliphatic heterocycles. The molecule has 3 heterocycles. The zero-order valence-electron chi connectivity index (χ0n) is 19.8. The number of carbonyl (C=O) groups is 2. The summed E-state index contributed by atoms with van der Waals surface area (Å²) in [5.41, 5.74) is 4.11. The van der Waals surface area contributed by atoms with Crippen LogP contribution in [0, 0.1) is 6.92 Å². The van der Waals surface area contributed by atoms with Crippen LogP contribution in [0.3, 0.4) is 0 Å². The van der Waals surface area contributed by atoms with Gasteiger partial charge in [-0.15, -0.1) is 0 Å². The Balaban J connectivity index is 1.35. The van der Waals surface area contributed by atoms with Crippen LogP contribution >= 0.6 is 0 Å². The number of carbonyl (C=O) groups excluding carboxylic acids is 2. The van der Waals surface area contributed by atoms with E-state index >= 15 is 0 Å². The molecule has 2 aromatic rings. The summed E-state index contributed by atoms with van der Waals surface area (Å²) in [6.45, 7) is 5.32. The molecule has 0 N–H and O–H groups in total. The van der Waals surface area contributed by atoms with E-state index in [4.69, 9.17) is 4.74 Å². The van der Waals surface area contributed by atoms with Gasteiger partial charge in [-0.1, -0.05) is 24.3 Å². The lowest BCUT2D eigenvalue weighted by molar-refractivity contribution is -0.137. The van der Waals surface area contributed by atoms with E-state index in [-0.39, 0.29) is 18.0 Å². The van der Waals surface area contributed by atoms with E-state index in [1.54, 1.807) is 12.0 Å². The largest absolute Gasteiger partial charge is 0.383 e. The van der Waals surface area contributed by atoms with Gasteiger partial charge >= 0.3 is 6.03 Å². The molecule has 8 nitrogen and oxygen atoms in total. The van der Waals surface area contributed by atoms with E-state index in [0.717, 1.165) is 38.2 Å². The fraction of sp³-hybridized carbons (Fsp3) is 0.560. The Morgan fingerprint density at radius 1 is 1.12 bits per heavy atom. The first kappa shape index (κ1) is 22.1. The highest BCUT2D eigenvalue weighted by atomic mass is 16.5. The summed E-state index contributed by atoms with van der Waals surface area (Å²) in [5.74, 6) is -0.0152. The number of aromatic nitrogens is 2. The number of imide groups is 1. The average molecular weight is 452 g/mol. The predicted molar refractivity (Wildman–Crippen MR) is 124 cm³/mol. The van der Waals surface area contributed by atoms with Gasteiger partial charge in [-0.05, 0) is 43.7 Å². The molecule has 0 saturated carbocycles. The highest BCUT2D eigenvalue weighted by Crippen LogP contribution is 2.40. The van der Waals surface area contributed by atoms with E-state index in [1.807, 2.05) is 35.0 Å². The number of piperidine rings is 1. The van der Waals surface area contributed by atoms with Crippen LogP contribution in [0.4, 0.5) is 4.79 Å². The number of benzene rings is 1. The maximum absolute atomic E-state index is 13.9. The van der Waals surface area contributed by atoms with Crippen molar-refractivity contribution in [2.75, 3.05) is 33.4 Å². The van der Waals surface area contributed by atoms with Crippen LogP contribution in [0.2, 0.25) is 0 Å². The number of rotatable bonds is 6. The third kappa shape index (κ3) is 3.65. The van der Waals surface area contributed by atoms with Crippen molar-refractivity contribution >= 4 is 11.9 Å². The van der Waals surface area contributed by atoms with Crippen LogP contribution in [-0.2, 0) is 36.0 Å². The van der Waals surface area contributed by atoms with Crippen LogP contribution in [0.1, 0.15) is 35.2 Å². The van der Waals surface area contributed by atoms with E-state index in [1.165, 1.54) is 16.7 Å². The number of likely N-dealkylation sites (tertiary alicyclic amines) is 1. The minimum absolute atomic E-state index is 0.0152. The SMILES string of the molecule is COCCN1C(=O)N(C2Cc3ccccc3C2)C(=O)C12CCN(Cc1cnn(C)c1C)CC2. The number of ether oxygens (including phenoxy) is 1. The Hall–Kier alpha value is -2.71. The Labute approximate surface area is 195 Å². The minimum atomic E-state index is -0.759. The van der Waals surface area contributed by atoms with Gasteiger partial charge in [0, 0.05) is 57.6 Å². The molecule has 1 aromatic carbocycles. The molecule has 1 spiro atoms. The summed E-state index contributed by atoms with van der Waals surface area (Å²) in [7, 11) is 3.59. The number of urea groups is 1. The molecule has 1 aliphatic carbocycles. The van der Waals surface area contributed by atoms with Crippen molar-refractivity contribution in [3.8, 4) is 0 Å². The highest BCUT2D eigenvalue weighted by molar-refractivity contribution is 6.07. The lowest BCUT2D eigenvalue weighted by Crippen LogP contribution is -2.57. The van der Waals surface area contributed by atoms with Gasteiger partial charge in [0.25, 0.3) is 5.91 Å². The second kappa shape index (κ2) is 8.57. The number of amides is 3. The van der Waals surface area contributed by atoms with Crippen molar-refractivity contribution in [3.63, 3.8) is 0 Å². The van der Waals surface area contributed by atoms with Crippen molar-refractivity contribution in [3.05, 3.63) is 52.8 Å². The summed E-state index contributed by atoms with van der Waals surface area (Å²) in [6, 6.07) is 8.03. The molecule has 1 aromatic heterocycles. The van der Waals surface area contributed by atoms with Crippen LogP contribution in [-0.4, -0.2) is 81.4 Å². The second-order valence-electron chi connectivity index (χ2n) is 9.62. The van der Waals surface area contributed by atoms with E-state index in [0.29, 0.717) is 26.0 Å². The molecular formula is C25H33N5O3. The van der Waals surface area contributed by atoms with Crippen molar-refractivity contribution in [1.82, 2.24) is 24.5 Å². The van der Waals surface area contributed by atoms with Gasteiger partial charge in [0.2, 0.25) is 0 Å². The Kier molecular flexibility index (Phi) is 5.74. The molecule has 0 radical (unpaired) electrons. The molecule has 176 valence electrons. The number of fused-ring (bicyclic) bond motifs is 1. The van der Waals surface area contributed by atoms with E-state index in [2.05, 4.69) is 29.1 Å². The van der Waals surface area contributed by atoms with Crippen LogP contribution in [0.5, 0.6) is 0 Å². The summed E-state index contributed by atoms with van der Waals surface area (Å²) < 4.78 is 7.20. The number of aryl methyl sites for hydroxylation is 1. The molecular weight excluding hydrogens is 418 g/mol. The smallest absolute Gasteiger partial charge is 0.328 e. The third-order valence-corrected chi connectivity index (χ3v) is 7.90. The normalized spacial score (nSPS) is 20.9. The number of nitrogens with zero attached hydrogens (tertiary/aromatic N) is 5. The van der Waals surface area contributed by atoms with Gasteiger partial charge in [-0.3, -0.25) is 19.3 Å². The zero-order valence-corrected chi connectivity index (χ0v) is 19.8. The summed E-state index contributed by atoms with van der Waals surface area (Å²) in [6.07, 6.45) is 4.71. The second-order valence-corrected chi connectivity index (χ2v) is 9.62. The lowest BCUT2D eigenvalue weighted by Gasteiger charge is -2.42. The molecule has 8 heteroatoms. The topological polar surface area (TPSA) is 70.9 Å². The number of hydrogen-bond donors (Lipinski definition) is 0. The molecule has 5 rings (SSSR count).